The molecule has 0 spiro atoms. The van der Waals surface area contributed by atoms with E-state index in [0.29, 0.717) is 0 Å². The Morgan fingerprint density at radius 2 is 2.20 bits per heavy atom. The smallest absolute Gasteiger partial charge is 0.248 e. The van der Waals surface area contributed by atoms with E-state index in [1.54, 1.807) is 0 Å². The van der Waals surface area contributed by atoms with E-state index in [4.69, 9.17) is 5.73 Å². The zero-order valence-corrected chi connectivity index (χ0v) is 5.44. The first-order valence-corrected chi connectivity index (χ1v) is 3.18. The van der Waals surface area contributed by atoms with Gasteiger partial charge in [-0.05, 0) is 6.42 Å². The van der Waals surface area contributed by atoms with E-state index in [1.807, 2.05) is 0 Å². The lowest BCUT2D eigenvalue weighted by atomic mass is 10.1. The molecular weight excluding hydrogens is 140 g/mol. The summed E-state index contributed by atoms with van der Waals surface area (Å²) in [5.41, 5.74) is 4.85. The summed E-state index contributed by atoms with van der Waals surface area (Å²) in [4.78, 5) is 10.4. The highest BCUT2D eigenvalue weighted by molar-refractivity contribution is 5.77. The average Bonchev–Trinajstić information content (AvgIpc) is 2.10. The van der Waals surface area contributed by atoms with Crippen molar-refractivity contribution in [2.45, 2.75) is 25.2 Å². The van der Waals surface area contributed by atoms with Gasteiger partial charge in [-0.3, -0.25) is 4.79 Å². The van der Waals surface area contributed by atoms with Gasteiger partial charge in [-0.2, -0.15) is 0 Å². The highest BCUT2D eigenvalue weighted by Crippen LogP contribution is 2.38. The van der Waals surface area contributed by atoms with Crippen molar-refractivity contribution in [3.63, 3.8) is 0 Å². The maximum Gasteiger partial charge on any atom is 0.248 e. The molecular formula is C6H9F2NO. The van der Waals surface area contributed by atoms with Gasteiger partial charge in [0.25, 0.3) is 0 Å². The molecule has 4 heteroatoms. The monoisotopic (exact) mass is 149 g/mol. The number of carbonyl (C=O) groups is 1. The van der Waals surface area contributed by atoms with E-state index in [-0.39, 0.29) is 19.3 Å². The average molecular weight is 149 g/mol. The standard InChI is InChI=1S/C6H9F2NO/c7-6(8)2-1-4(3-6)5(9)10/h4H,1-3H2,(H2,9,10). The number of rotatable bonds is 1. The number of alkyl halides is 2. The zero-order chi connectivity index (χ0) is 7.78. The maximum absolute atomic E-state index is 12.3. The van der Waals surface area contributed by atoms with Crippen molar-refractivity contribution in [1.29, 1.82) is 0 Å². The quantitative estimate of drug-likeness (QED) is 0.591. The lowest BCUT2D eigenvalue weighted by molar-refractivity contribution is -0.122. The van der Waals surface area contributed by atoms with Crippen molar-refractivity contribution in [2.24, 2.45) is 11.7 Å². The summed E-state index contributed by atoms with van der Waals surface area (Å²) in [5.74, 6) is -3.85. The molecule has 10 heavy (non-hydrogen) atoms. The van der Waals surface area contributed by atoms with E-state index in [2.05, 4.69) is 0 Å². The Kier molecular flexibility index (Phi) is 1.62. The Morgan fingerprint density at radius 1 is 1.60 bits per heavy atom. The number of hydrogen-bond donors (Lipinski definition) is 1. The molecule has 1 fully saturated rings. The van der Waals surface area contributed by atoms with Gasteiger partial charge in [-0.25, -0.2) is 8.78 Å². The van der Waals surface area contributed by atoms with Gasteiger partial charge in [0.05, 0.1) is 0 Å². The van der Waals surface area contributed by atoms with Gasteiger partial charge in [0.15, 0.2) is 0 Å². The third-order valence-electron chi connectivity index (χ3n) is 1.81. The molecule has 2 nitrogen and oxygen atoms in total. The summed E-state index contributed by atoms with van der Waals surface area (Å²) in [6.07, 6.45) is -0.314. The number of amides is 1. The minimum Gasteiger partial charge on any atom is -0.369 e. The van der Waals surface area contributed by atoms with Crippen molar-refractivity contribution in [3.8, 4) is 0 Å². The van der Waals surface area contributed by atoms with Crippen LogP contribution < -0.4 is 5.73 Å². The van der Waals surface area contributed by atoms with E-state index >= 15 is 0 Å². The van der Waals surface area contributed by atoms with Gasteiger partial charge in [-0.1, -0.05) is 0 Å². The van der Waals surface area contributed by atoms with E-state index in [9.17, 15) is 13.6 Å². The van der Waals surface area contributed by atoms with Gasteiger partial charge in [0, 0.05) is 18.8 Å². The minimum atomic E-state index is -2.65. The molecule has 0 radical (unpaired) electrons. The van der Waals surface area contributed by atoms with Crippen molar-refractivity contribution in [2.75, 3.05) is 0 Å². The van der Waals surface area contributed by atoms with Crippen LogP contribution in [0.1, 0.15) is 19.3 Å². The molecule has 1 aliphatic rings. The molecule has 58 valence electrons. The molecule has 1 rings (SSSR count). The Labute approximate surface area is 57.4 Å². The summed E-state index contributed by atoms with van der Waals surface area (Å²) >= 11 is 0. The highest BCUT2D eigenvalue weighted by Gasteiger charge is 2.41. The SMILES string of the molecule is NC(=O)C1CCC(F)(F)C1. The second-order valence-corrected chi connectivity index (χ2v) is 2.70. The van der Waals surface area contributed by atoms with Crippen molar-refractivity contribution >= 4 is 5.91 Å². The summed E-state index contributed by atoms with van der Waals surface area (Å²) in [6.45, 7) is 0. The largest absolute Gasteiger partial charge is 0.369 e. The van der Waals surface area contributed by atoms with Gasteiger partial charge < -0.3 is 5.73 Å². The fourth-order valence-corrected chi connectivity index (χ4v) is 1.19. The normalized spacial score (nSPS) is 30.4. The number of halogens is 2. The molecule has 1 amide bonds. The third kappa shape index (κ3) is 1.43. The van der Waals surface area contributed by atoms with Crippen LogP contribution >= 0.6 is 0 Å². The molecule has 1 atom stereocenters. The summed E-state index contributed by atoms with van der Waals surface area (Å²) in [6, 6.07) is 0. The second-order valence-electron chi connectivity index (χ2n) is 2.70. The summed E-state index contributed by atoms with van der Waals surface area (Å²) < 4.78 is 24.7. The Balaban J connectivity index is 2.51. The lowest BCUT2D eigenvalue weighted by Crippen LogP contribution is -2.22. The van der Waals surface area contributed by atoms with E-state index in [1.165, 1.54) is 0 Å². The molecule has 0 aliphatic heterocycles. The predicted molar refractivity (Wildman–Crippen MR) is 31.5 cm³/mol. The first-order chi connectivity index (χ1) is 4.51. The molecule has 0 saturated heterocycles. The Bertz CT molecular complexity index is 158. The molecule has 0 bridgehead atoms. The van der Waals surface area contributed by atoms with Crippen LogP contribution in [0, 0.1) is 5.92 Å². The minimum absolute atomic E-state index is 0.194. The molecule has 0 heterocycles. The van der Waals surface area contributed by atoms with Crippen molar-refractivity contribution in [1.82, 2.24) is 0 Å². The van der Waals surface area contributed by atoms with Gasteiger partial charge in [-0.15, -0.1) is 0 Å². The van der Waals surface area contributed by atoms with Crippen LogP contribution in [0.3, 0.4) is 0 Å². The van der Waals surface area contributed by atoms with Crippen LogP contribution in [0.4, 0.5) is 8.78 Å². The molecule has 1 unspecified atom stereocenters. The Hall–Kier alpha value is -0.670. The topological polar surface area (TPSA) is 43.1 Å². The van der Waals surface area contributed by atoms with Crippen LogP contribution in [0.25, 0.3) is 0 Å². The predicted octanol–water partition coefficient (Wildman–Crippen LogP) is 0.907. The van der Waals surface area contributed by atoms with Gasteiger partial charge in [0.1, 0.15) is 0 Å². The third-order valence-corrected chi connectivity index (χ3v) is 1.81. The van der Waals surface area contributed by atoms with Gasteiger partial charge >= 0.3 is 0 Å². The number of hydrogen-bond acceptors (Lipinski definition) is 1. The van der Waals surface area contributed by atoms with Crippen LogP contribution in [-0.4, -0.2) is 11.8 Å². The summed E-state index contributed by atoms with van der Waals surface area (Å²) in [5, 5.41) is 0. The Morgan fingerprint density at radius 3 is 2.40 bits per heavy atom. The first-order valence-electron chi connectivity index (χ1n) is 3.18. The van der Waals surface area contributed by atoms with E-state index < -0.39 is 17.7 Å². The van der Waals surface area contributed by atoms with Crippen molar-refractivity contribution in [3.05, 3.63) is 0 Å². The fraction of sp³-hybridized carbons (Fsp3) is 0.833. The summed E-state index contributed by atoms with van der Waals surface area (Å²) in [7, 11) is 0. The number of nitrogens with two attached hydrogens (primary N) is 1. The van der Waals surface area contributed by atoms with Gasteiger partial charge in [0.2, 0.25) is 11.8 Å². The maximum atomic E-state index is 12.3. The number of primary amides is 1. The zero-order valence-electron chi connectivity index (χ0n) is 5.44. The van der Waals surface area contributed by atoms with Crippen LogP contribution in [0.2, 0.25) is 0 Å². The highest BCUT2D eigenvalue weighted by atomic mass is 19.3. The fourth-order valence-electron chi connectivity index (χ4n) is 1.19. The molecule has 0 aromatic carbocycles. The van der Waals surface area contributed by atoms with Crippen LogP contribution in [0.5, 0.6) is 0 Å². The molecule has 1 saturated carbocycles. The number of carbonyl (C=O) groups excluding carboxylic acids is 1. The van der Waals surface area contributed by atoms with E-state index in [0.717, 1.165) is 0 Å². The lowest BCUT2D eigenvalue weighted by Gasteiger charge is -2.06. The van der Waals surface area contributed by atoms with Crippen molar-refractivity contribution < 1.29 is 13.6 Å². The molecule has 2 N–H and O–H groups in total. The second kappa shape index (κ2) is 2.18. The van der Waals surface area contributed by atoms with Crippen LogP contribution in [0.15, 0.2) is 0 Å². The molecule has 0 aromatic heterocycles. The molecule has 0 aromatic rings. The van der Waals surface area contributed by atoms with Crippen LogP contribution in [-0.2, 0) is 4.79 Å². The first kappa shape index (κ1) is 7.44. The molecule has 1 aliphatic carbocycles.